The molecule has 0 heterocycles. The molecule has 244 valence electrons. The van der Waals surface area contributed by atoms with Crippen LogP contribution in [-0.4, -0.2) is 84.9 Å². The van der Waals surface area contributed by atoms with Crippen molar-refractivity contribution in [3.05, 3.63) is 0 Å². The molecule has 4 N–H and O–H groups in total. The van der Waals surface area contributed by atoms with Gasteiger partial charge in [0.2, 0.25) is 0 Å². The molecule has 5 fully saturated rings. The largest absolute Gasteiger partial charge is 0.391 e. The van der Waals surface area contributed by atoms with Crippen LogP contribution in [0.2, 0.25) is 0 Å². The van der Waals surface area contributed by atoms with E-state index in [0.717, 1.165) is 44.9 Å². The molecule has 5 aliphatic carbocycles. The number of nitrogens with zero attached hydrogens (tertiary/aromatic N) is 6. The molecular formula is C30H53N7O5S. The van der Waals surface area contributed by atoms with E-state index >= 15 is 0 Å². The summed E-state index contributed by atoms with van der Waals surface area (Å²) >= 11 is 0. The molecule has 0 radical (unpaired) electrons. The predicted molar refractivity (Wildman–Crippen MR) is 163 cm³/mol. The Hall–Kier alpha value is -1.41. The summed E-state index contributed by atoms with van der Waals surface area (Å²) in [5.41, 5.74) is 6.09. The number of ether oxygens (including phenoxy) is 1. The van der Waals surface area contributed by atoms with E-state index in [4.69, 9.17) is 25.8 Å². The number of azo groups is 3. The van der Waals surface area contributed by atoms with Crippen LogP contribution < -0.4 is 5.73 Å². The summed E-state index contributed by atoms with van der Waals surface area (Å²) in [6.07, 6.45) is 13.0. The average molecular weight is 624 g/mol. The molecule has 0 bridgehead atoms. The second kappa shape index (κ2) is 14.8. The van der Waals surface area contributed by atoms with Crippen molar-refractivity contribution in [2.75, 3.05) is 7.11 Å². The Morgan fingerprint density at radius 2 is 1.30 bits per heavy atom. The van der Waals surface area contributed by atoms with Crippen LogP contribution in [0.5, 0.6) is 0 Å². The molecule has 0 saturated heterocycles. The first-order chi connectivity index (χ1) is 20.6. The van der Waals surface area contributed by atoms with Crippen molar-refractivity contribution < 1.29 is 22.8 Å². The number of rotatable bonds is 8. The minimum absolute atomic E-state index is 0.0208. The monoisotopic (exact) mass is 623 g/mol. The lowest BCUT2D eigenvalue weighted by Crippen LogP contribution is -2.54. The van der Waals surface area contributed by atoms with Gasteiger partial charge >= 0.3 is 0 Å². The van der Waals surface area contributed by atoms with Gasteiger partial charge in [0.15, 0.2) is 0 Å². The fourth-order valence-corrected chi connectivity index (χ4v) is 9.36. The first kappa shape index (κ1) is 33.0. The average Bonchev–Trinajstić information content (AvgIpc) is 2.99. The van der Waals surface area contributed by atoms with Crippen LogP contribution in [0.3, 0.4) is 0 Å². The van der Waals surface area contributed by atoms with E-state index in [1.807, 2.05) is 0 Å². The molecule has 0 aromatic carbocycles. The minimum atomic E-state index is -4.19. The lowest BCUT2D eigenvalue weighted by Gasteiger charge is -2.45. The van der Waals surface area contributed by atoms with Gasteiger partial charge in [-0.05, 0) is 94.8 Å². The van der Waals surface area contributed by atoms with Gasteiger partial charge in [-0.15, -0.1) is 0 Å². The Morgan fingerprint density at radius 3 is 2.00 bits per heavy atom. The Bertz CT molecular complexity index is 1100. The van der Waals surface area contributed by atoms with Crippen molar-refractivity contribution in [3.8, 4) is 0 Å². The van der Waals surface area contributed by atoms with Gasteiger partial charge in [-0.2, -0.15) is 39.1 Å². The molecule has 12 nitrogen and oxygen atoms in total. The van der Waals surface area contributed by atoms with Crippen LogP contribution in [0.4, 0.5) is 0 Å². The maximum atomic E-state index is 11.7. The third-order valence-corrected chi connectivity index (χ3v) is 12.4. The van der Waals surface area contributed by atoms with E-state index in [2.05, 4.69) is 22.3 Å². The highest BCUT2D eigenvalue weighted by molar-refractivity contribution is 7.86. The van der Waals surface area contributed by atoms with Gasteiger partial charge in [-0.3, -0.25) is 4.55 Å². The van der Waals surface area contributed by atoms with E-state index in [1.165, 1.54) is 32.1 Å². The van der Waals surface area contributed by atoms with Crippen molar-refractivity contribution in [2.24, 2.45) is 54.2 Å². The van der Waals surface area contributed by atoms with Crippen LogP contribution in [-0.2, 0) is 14.9 Å². The zero-order valence-electron chi connectivity index (χ0n) is 25.9. The summed E-state index contributed by atoms with van der Waals surface area (Å²) in [5, 5.41) is 38.4. The highest BCUT2D eigenvalue weighted by atomic mass is 32.2. The van der Waals surface area contributed by atoms with Crippen molar-refractivity contribution in [1.29, 1.82) is 0 Å². The number of hydrogen-bond donors (Lipinski definition) is 3. The number of aliphatic hydroxyl groups excluding tert-OH is 1. The van der Waals surface area contributed by atoms with Gasteiger partial charge in [-0.25, -0.2) is 0 Å². The molecule has 0 aromatic rings. The van der Waals surface area contributed by atoms with Crippen LogP contribution in [0.1, 0.15) is 103 Å². The summed E-state index contributed by atoms with van der Waals surface area (Å²) in [5.74, 6) is 0.233. The molecule has 13 heteroatoms. The smallest absolute Gasteiger partial charge is 0.269 e. The number of aliphatic hydroxyl groups is 1. The van der Waals surface area contributed by atoms with Crippen LogP contribution in [0.15, 0.2) is 30.7 Å². The molecule has 0 spiro atoms. The molecule has 5 rings (SSSR count). The third-order valence-electron chi connectivity index (χ3n) is 11.0. The van der Waals surface area contributed by atoms with E-state index < -0.39 is 27.5 Å². The number of hydrogen-bond acceptors (Lipinski definition) is 11. The molecule has 5 saturated carbocycles. The molecule has 0 aromatic heterocycles. The fraction of sp³-hybridized carbons (Fsp3) is 1.00. The molecular weight excluding hydrogens is 570 g/mol. The number of fused-ring (bicyclic) bond motifs is 1. The third kappa shape index (κ3) is 8.45. The minimum Gasteiger partial charge on any atom is -0.391 e. The van der Waals surface area contributed by atoms with Crippen molar-refractivity contribution in [2.45, 2.75) is 163 Å². The van der Waals surface area contributed by atoms with Gasteiger partial charge < -0.3 is 15.6 Å². The summed E-state index contributed by atoms with van der Waals surface area (Å²) in [7, 11) is -2.43. The molecule has 5 aliphatic rings. The predicted octanol–water partition coefficient (Wildman–Crippen LogP) is 5.30. The lowest BCUT2D eigenvalue weighted by atomic mass is 9.66. The second-order valence-electron chi connectivity index (χ2n) is 14.1. The van der Waals surface area contributed by atoms with Gasteiger partial charge in [-0.1, -0.05) is 26.2 Å². The zero-order chi connectivity index (χ0) is 30.6. The summed E-state index contributed by atoms with van der Waals surface area (Å²) in [6, 6.07) is -0.0377. The van der Waals surface area contributed by atoms with Crippen molar-refractivity contribution in [3.63, 3.8) is 0 Å². The lowest BCUT2D eigenvalue weighted by molar-refractivity contribution is -0.00958. The molecule has 12 atom stereocenters. The highest BCUT2D eigenvalue weighted by Gasteiger charge is 2.47. The molecule has 12 unspecified atom stereocenters. The molecule has 0 amide bonds. The SMILES string of the molecule is COC1CC(N=NC2CCCCC2)CCC1N=NC1CCC(N=NC2CCC3CC(S(=O)(=O)O)C(N)CC3C2O)CC1C. The fourth-order valence-electron chi connectivity index (χ4n) is 8.31. The zero-order valence-corrected chi connectivity index (χ0v) is 26.7. The first-order valence-electron chi connectivity index (χ1n) is 16.7. The maximum absolute atomic E-state index is 11.7. The van der Waals surface area contributed by atoms with Crippen molar-refractivity contribution in [1.82, 2.24) is 0 Å². The quantitative estimate of drug-likeness (QED) is 0.243. The maximum Gasteiger partial charge on any atom is 0.269 e. The van der Waals surface area contributed by atoms with E-state index in [-0.39, 0.29) is 48.1 Å². The highest BCUT2D eigenvalue weighted by Crippen LogP contribution is 2.43. The first-order valence-corrected chi connectivity index (χ1v) is 18.2. The Balaban J connectivity index is 1.07. The second-order valence-corrected chi connectivity index (χ2v) is 15.7. The molecule has 0 aliphatic heterocycles. The summed E-state index contributed by atoms with van der Waals surface area (Å²) in [6.45, 7) is 2.21. The summed E-state index contributed by atoms with van der Waals surface area (Å²) in [4.78, 5) is 0. The Labute approximate surface area is 257 Å². The van der Waals surface area contributed by atoms with Crippen molar-refractivity contribution >= 4 is 10.1 Å². The number of methoxy groups -OCH3 is 1. The van der Waals surface area contributed by atoms with Gasteiger partial charge in [0.25, 0.3) is 10.1 Å². The van der Waals surface area contributed by atoms with Gasteiger partial charge in [0.1, 0.15) is 5.25 Å². The van der Waals surface area contributed by atoms with Crippen LogP contribution >= 0.6 is 0 Å². The van der Waals surface area contributed by atoms with Crippen LogP contribution in [0, 0.1) is 17.8 Å². The normalized spacial score (nSPS) is 43.8. The Kier molecular flexibility index (Phi) is 11.3. The Morgan fingerprint density at radius 1 is 0.698 bits per heavy atom. The van der Waals surface area contributed by atoms with E-state index in [9.17, 15) is 18.1 Å². The standard InChI is InChI=1S/C30H53N7O5S/c1-18-14-21(34-37-27-11-8-19-15-29(43(39,40)41)24(31)17-23(19)30(27)38)9-12-25(18)35-36-26-13-10-22(16-28(26)42-2)33-32-20-6-4-3-5-7-20/h18-30,38H,3-17,31H2,1-2H3,(H,39,40,41). The summed E-state index contributed by atoms with van der Waals surface area (Å²) < 4.78 is 38.8. The van der Waals surface area contributed by atoms with Gasteiger partial charge in [0.05, 0.1) is 48.5 Å². The van der Waals surface area contributed by atoms with E-state index in [0.29, 0.717) is 31.2 Å². The molecule has 43 heavy (non-hydrogen) atoms. The van der Waals surface area contributed by atoms with Crippen LogP contribution in [0.25, 0.3) is 0 Å². The van der Waals surface area contributed by atoms with E-state index in [1.54, 1.807) is 7.11 Å². The van der Waals surface area contributed by atoms with Gasteiger partial charge in [0, 0.05) is 13.2 Å². The number of nitrogens with two attached hydrogens (primary N) is 1. The topological polar surface area (TPSA) is 184 Å².